The SMILES string of the molecule is O=C(O)c1ccc(F)cc1.O=C(O)c1ccc(F)cc1.[CH-]1CCCC2=C1CC1=C2CCCC1.[CH3-].[Ti+2]. The van der Waals surface area contributed by atoms with E-state index >= 15 is 0 Å². The summed E-state index contributed by atoms with van der Waals surface area (Å²) in [5.74, 6) is -2.94. The summed E-state index contributed by atoms with van der Waals surface area (Å²) in [6.45, 7) is 0. The van der Waals surface area contributed by atoms with Gasteiger partial charge in [0.25, 0.3) is 0 Å². The molecule has 0 spiro atoms. The van der Waals surface area contributed by atoms with Crippen molar-refractivity contribution in [2.24, 2.45) is 0 Å². The van der Waals surface area contributed by atoms with Gasteiger partial charge in [-0.15, -0.1) is 12.0 Å². The molecule has 3 aliphatic rings. The van der Waals surface area contributed by atoms with Gasteiger partial charge in [0.2, 0.25) is 0 Å². The first-order chi connectivity index (χ1) is 15.8. The van der Waals surface area contributed by atoms with Crippen molar-refractivity contribution in [1.82, 2.24) is 0 Å². The number of allylic oxidation sites excluding steroid dienone is 4. The molecule has 0 saturated heterocycles. The summed E-state index contributed by atoms with van der Waals surface area (Å²) in [5.41, 5.74) is 7.26. The Bertz CT molecular complexity index is 972. The standard InChI is InChI=1S/C13H17.2C7H5FO2.CH3.Ti/c1-3-7-12-10(5-1)9-11-6-2-4-8-13(11)12;2*8-6-3-1-5(2-4-6)7(9)10;;/h5H,1-4,6-9H2;2*1-4H,(H,9,10);1H3;/q-1;;;-1;+2. The van der Waals surface area contributed by atoms with Crippen molar-refractivity contribution in [3.05, 3.63) is 107 Å². The first-order valence-electron chi connectivity index (χ1n) is 11.1. The fourth-order valence-electron chi connectivity index (χ4n) is 4.30. The van der Waals surface area contributed by atoms with Crippen LogP contribution in [0.15, 0.2) is 70.8 Å². The molecule has 0 radical (unpaired) electrons. The number of carboxylic acids is 2. The van der Waals surface area contributed by atoms with Crippen molar-refractivity contribution in [3.63, 3.8) is 0 Å². The van der Waals surface area contributed by atoms with E-state index in [1.165, 1.54) is 75.6 Å². The van der Waals surface area contributed by atoms with Gasteiger partial charge in [0.05, 0.1) is 11.1 Å². The summed E-state index contributed by atoms with van der Waals surface area (Å²) in [5, 5.41) is 16.7. The molecule has 2 aromatic carbocycles. The molecule has 0 aromatic heterocycles. The monoisotopic (exact) mass is 516 g/mol. The molecule has 5 rings (SSSR count). The molecular formula is C28H30F2O4Ti. The van der Waals surface area contributed by atoms with Crippen molar-refractivity contribution in [1.29, 1.82) is 0 Å². The second-order valence-electron chi connectivity index (χ2n) is 8.19. The minimum Gasteiger partial charge on any atom is -0.478 e. The van der Waals surface area contributed by atoms with Crippen LogP contribution in [0.2, 0.25) is 0 Å². The van der Waals surface area contributed by atoms with Crippen molar-refractivity contribution in [3.8, 4) is 0 Å². The van der Waals surface area contributed by atoms with Gasteiger partial charge in [-0.25, -0.2) is 30.4 Å². The summed E-state index contributed by atoms with van der Waals surface area (Å²) in [4.78, 5) is 20.4. The Balaban J connectivity index is 0.000000259. The zero-order valence-electron chi connectivity index (χ0n) is 19.8. The summed E-state index contributed by atoms with van der Waals surface area (Å²) in [6, 6.07) is 9.34. The van der Waals surface area contributed by atoms with E-state index < -0.39 is 23.6 Å². The van der Waals surface area contributed by atoms with E-state index in [1.54, 1.807) is 22.3 Å². The predicted molar refractivity (Wildman–Crippen MR) is 128 cm³/mol. The zero-order valence-corrected chi connectivity index (χ0v) is 21.4. The summed E-state index contributed by atoms with van der Waals surface area (Å²) in [7, 11) is 0. The first-order valence-corrected chi connectivity index (χ1v) is 11.1. The van der Waals surface area contributed by atoms with Crippen LogP contribution in [0.25, 0.3) is 0 Å². The van der Waals surface area contributed by atoms with E-state index in [0.717, 1.165) is 24.3 Å². The maximum absolute atomic E-state index is 12.2. The fraction of sp³-hybridized carbons (Fsp3) is 0.286. The van der Waals surface area contributed by atoms with Crippen molar-refractivity contribution in [2.75, 3.05) is 0 Å². The fourth-order valence-corrected chi connectivity index (χ4v) is 4.30. The third-order valence-corrected chi connectivity index (χ3v) is 5.94. The van der Waals surface area contributed by atoms with E-state index in [4.69, 9.17) is 10.2 Å². The van der Waals surface area contributed by atoms with E-state index in [0.29, 0.717) is 0 Å². The molecule has 0 atom stereocenters. The Hall–Kier alpha value is -2.70. The number of fused-ring (bicyclic) bond motifs is 1. The molecule has 2 N–H and O–H groups in total. The minimum absolute atomic E-state index is 0. The largest absolute Gasteiger partial charge is 2.00 e. The third kappa shape index (κ3) is 8.79. The van der Waals surface area contributed by atoms with Gasteiger partial charge in [0.15, 0.2) is 0 Å². The van der Waals surface area contributed by atoms with Crippen LogP contribution in [0, 0.1) is 25.5 Å². The Morgan fingerprint density at radius 2 is 1.17 bits per heavy atom. The molecule has 35 heavy (non-hydrogen) atoms. The van der Waals surface area contributed by atoms with Gasteiger partial charge in [-0.3, -0.25) is 0 Å². The molecule has 7 heteroatoms. The van der Waals surface area contributed by atoms with Crippen molar-refractivity contribution < 1.29 is 50.3 Å². The van der Waals surface area contributed by atoms with E-state index in [-0.39, 0.29) is 40.3 Å². The number of carboxylic acid groups (broad SMARTS) is 2. The van der Waals surface area contributed by atoms with Crippen LogP contribution in [-0.4, -0.2) is 22.2 Å². The smallest absolute Gasteiger partial charge is 0.478 e. The number of hydrogen-bond donors (Lipinski definition) is 2. The predicted octanol–water partition coefficient (Wildman–Crippen LogP) is 7.44. The molecule has 0 heterocycles. The van der Waals surface area contributed by atoms with E-state index in [9.17, 15) is 18.4 Å². The van der Waals surface area contributed by atoms with Crippen LogP contribution in [0.5, 0.6) is 0 Å². The second kappa shape index (κ2) is 14.6. The number of rotatable bonds is 2. The number of halogens is 2. The van der Waals surface area contributed by atoms with Crippen LogP contribution in [0.1, 0.15) is 72.1 Å². The molecule has 0 bridgehead atoms. The molecule has 3 aliphatic carbocycles. The van der Waals surface area contributed by atoms with Gasteiger partial charge in [-0.1, -0.05) is 24.8 Å². The summed E-state index contributed by atoms with van der Waals surface area (Å²) >= 11 is 0. The normalized spacial score (nSPS) is 15.4. The van der Waals surface area contributed by atoms with Crippen LogP contribution in [-0.2, 0) is 21.7 Å². The Labute approximate surface area is 220 Å². The minimum atomic E-state index is -1.04. The summed E-state index contributed by atoms with van der Waals surface area (Å²) < 4.78 is 24.3. The van der Waals surface area contributed by atoms with Gasteiger partial charge in [0.1, 0.15) is 11.6 Å². The zero-order chi connectivity index (χ0) is 23.8. The van der Waals surface area contributed by atoms with Crippen molar-refractivity contribution in [2.45, 2.75) is 51.4 Å². The van der Waals surface area contributed by atoms with Gasteiger partial charge in [-0.05, 0) is 74.2 Å². The van der Waals surface area contributed by atoms with Crippen LogP contribution in [0.4, 0.5) is 8.78 Å². The summed E-state index contributed by atoms with van der Waals surface area (Å²) in [6.07, 6.45) is 13.6. The second-order valence-corrected chi connectivity index (χ2v) is 8.19. The first kappa shape index (κ1) is 30.3. The van der Waals surface area contributed by atoms with Gasteiger partial charge in [0, 0.05) is 0 Å². The molecular weight excluding hydrogens is 486 g/mol. The Kier molecular flexibility index (Phi) is 12.7. The number of hydrogen-bond acceptors (Lipinski definition) is 2. The Morgan fingerprint density at radius 1 is 0.714 bits per heavy atom. The molecule has 4 nitrogen and oxygen atoms in total. The van der Waals surface area contributed by atoms with Gasteiger partial charge < -0.3 is 17.6 Å². The maximum atomic E-state index is 12.2. The van der Waals surface area contributed by atoms with Gasteiger partial charge in [-0.2, -0.15) is 5.57 Å². The third-order valence-electron chi connectivity index (χ3n) is 5.94. The number of benzene rings is 2. The van der Waals surface area contributed by atoms with Crippen LogP contribution < -0.4 is 0 Å². The molecule has 0 fully saturated rings. The molecule has 0 saturated carbocycles. The molecule has 0 unspecified atom stereocenters. The maximum Gasteiger partial charge on any atom is 2.00 e. The molecule has 2 aromatic rings. The number of carbonyl (C=O) groups is 2. The average molecular weight is 516 g/mol. The molecule has 0 amide bonds. The quantitative estimate of drug-likeness (QED) is 0.321. The van der Waals surface area contributed by atoms with Gasteiger partial charge >= 0.3 is 33.7 Å². The van der Waals surface area contributed by atoms with Crippen LogP contribution >= 0.6 is 0 Å². The topological polar surface area (TPSA) is 74.6 Å². The van der Waals surface area contributed by atoms with E-state index in [2.05, 4.69) is 6.42 Å². The number of aromatic carboxylic acids is 2. The van der Waals surface area contributed by atoms with Crippen molar-refractivity contribution >= 4 is 11.9 Å². The molecule has 184 valence electrons. The average Bonchev–Trinajstić information content (AvgIpc) is 3.19. The molecule has 0 aliphatic heterocycles. The van der Waals surface area contributed by atoms with E-state index in [1.807, 2.05) is 0 Å². The Morgan fingerprint density at radius 3 is 1.66 bits per heavy atom. The van der Waals surface area contributed by atoms with Crippen LogP contribution in [0.3, 0.4) is 0 Å².